The summed E-state index contributed by atoms with van der Waals surface area (Å²) in [6.07, 6.45) is 17.2. The van der Waals surface area contributed by atoms with Gasteiger partial charge in [-0.15, -0.1) is 5.10 Å². The van der Waals surface area contributed by atoms with Gasteiger partial charge < -0.3 is 14.8 Å². The molecule has 1 aliphatic heterocycles. The van der Waals surface area contributed by atoms with Crippen LogP contribution in [-0.4, -0.2) is 46.8 Å². The molecular formula is C21H25N9. The quantitative estimate of drug-likeness (QED) is 0.549. The fourth-order valence-corrected chi connectivity index (χ4v) is 4.56. The van der Waals surface area contributed by atoms with Crippen LogP contribution in [0.25, 0.3) is 11.3 Å². The van der Waals surface area contributed by atoms with Gasteiger partial charge >= 0.3 is 0 Å². The number of fused-ring (bicyclic) bond motifs is 1. The number of hydrogen-bond acceptors (Lipinski definition) is 6. The maximum atomic E-state index is 4.80. The van der Waals surface area contributed by atoms with E-state index in [0.29, 0.717) is 6.04 Å². The Morgan fingerprint density at radius 1 is 0.967 bits per heavy atom. The van der Waals surface area contributed by atoms with Crippen LogP contribution >= 0.6 is 0 Å². The number of nitrogens with zero attached hydrogens (tertiary/aromatic N) is 8. The maximum Gasteiger partial charge on any atom is 0.245 e. The zero-order valence-electron chi connectivity index (χ0n) is 16.9. The van der Waals surface area contributed by atoms with Gasteiger partial charge in [0.2, 0.25) is 5.95 Å². The molecule has 6 rings (SSSR count). The highest BCUT2D eigenvalue weighted by atomic mass is 15.4. The predicted octanol–water partition coefficient (Wildman–Crippen LogP) is 3.57. The van der Waals surface area contributed by atoms with Crippen molar-refractivity contribution in [3.05, 3.63) is 43.4 Å². The average molecular weight is 403 g/mol. The third-order valence-electron chi connectivity index (χ3n) is 6.20. The highest BCUT2D eigenvalue weighted by Crippen LogP contribution is 2.30. The third kappa shape index (κ3) is 3.10. The lowest BCUT2D eigenvalue weighted by Crippen LogP contribution is -2.22. The first kappa shape index (κ1) is 17.5. The Morgan fingerprint density at radius 2 is 1.83 bits per heavy atom. The van der Waals surface area contributed by atoms with Gasteiger partial charge in [-0.2, -0.15) is 4.98 Å². The molecule has 0 amide bonds. The summed E-state index contributed by atoms with van der Waals surface area (Å²) in [5.41, 5.74) is 0.929. The van der Waals surface area contributed by atoms with Crippen LogP contribution in [0.15, 0.2) is 43.4 Å². The van der Waals surface area contributed by atoms with E-state index in [-0.39, 0.29) is 0 Å². The molecule has 5 heterocycles. The van der Waals surface area contributed by atoms with Crippen molar-refractivity contribution in [3.63, 3.8) is 0 Å². The van der Waals surface area contributed by atoms with Gasteiger partial charge in [0.25, 0.3) is 0 Å². The molecule has 9 nitrogen and oxygen atoms in total. The Morgan fingerprint density at radius 3 is 2.70 bits per heavy atom. The SMILES string of the molecule is c1cc2c(Nc3cn(-c4cn(C5CCCC5)cn4)cn3)nc(N3CCCC3)nn2c1. The number of rotatable bonds is 5. The summed E-state index contributed by atoms with van der Waals surface area (Å²) in [6, 6.07) is 4.58. The van der Waals surface area contributed by atoms with Crippen LogP contribution in [0.2, 0.25) is 0 Å². The molecule has 0 atom stereocenters. The smallest absolute Gasteiger partial charge is 0.245 e. The number of aromatic nitrogens is 7. The Hall–Kier alpha value is -3.36. The van der Waals surface area contributed by atoms with Crippen molar-refractivity contribution in [1.82, 2.24) is 33.7 Å². The molecule has 1 saturated heterocycles. The molecule has 0 aromatic carbocycles. The zero-order chi connectivity index (χ0) is 19.9. The molecule has 1 saturated carbocycles. The Balaban J connectivity index is 1.27. The minimum atomic E-state index is 0.583. The molecule has 0 radical (unpaired) electrons. The van der Waals surface area contributed by atoms with E-state index in [2.05, 4.69) is 36.0 Å². The highest BCUT2D eigenvalue weighted by Gasteiger charge is 2.19. The van der Waals surface area contributed by atoms with Gasteiger partial charge in [-0.1, -0.05) is 12.8 Å². The molecule has 0 bridgehead atoms. The van der Waals surface area contributed by atoms with E-state index in [1.54, 1.807) is 6.33 Å². The lowest BCUT2D eigenvalue weighted by atomic mass is 10.2. The van der Waals surface area contributed by atoms with Crippen molar-refractivity contribution >= 4 is 23.1 Å². The molecule has 1 aliphatic carbocycles. The first-order valence-electron chi connectivity index (χ1n) is 10.8. The molecule has 4 aromatic rings. The van der Waals surface area contributed by atoms with Crippen LogP contribution in [0, 0.1) is 0 Å². The highest BCUT2D eigenvalue weighted by molar-refractivity contribution is 5.73. The number of hydrogen-bond donors (Lipinski definition) is 1. The van der Waals surface area contributed by atoms with Crippen molar-refractivity contribution in [2.75, 3.05) is 23.3 Å². The molecule has 0 unspecified atom stereocenters. The van der Waals surface area contributed by atoms with E-state index < -0.39 is 0 Å². The van der Waals surface area contributed by atoms with Gasteiger partial charge in [-0.05, 0) is 37.8 Å². The van der Waals surface area contributed by atoms with Gasteiger partial charge in [-0.3, -0.25) is 4.57 Å². The van der Waals surface area contributed by atoms with E-state index in [9.17, 15) is 0 Å². The van der Waals surface area contributed by atoms with E-state index >= 15 is 0 Å². The van der Waals surface area contributed by atoms with Crippen molar-refractivity contribution in [3.8, 4) is 5.82 Å². The van der Waals surface area contributed by atoms with E-state index in [1.807, 2.05) is 39.9 Å². The molecule has 1 N–H and O–H groups in total. The summed E-state index contributed by atoms with van der Waals surface area (Å²) in [5.74, 6) is 3.14. The first-order valence-corrected chi connectivity index (χ1v) is 10.8. The molecule has 2 aliphatic rings. The van der Waals surface area contributed by atoms with E-state index in [4.69, 9.17) is 4.98 Å². The summed E-state index contributed by atoms with van der Waals surface area (Å²) in [5, 5.41) is 8.05. The number of nitrogens with one attached hydrogen (secondary N) is 1. The summed E-state index contributed by atoms with van der Waals surface area (Å²) >= 11 is 0. The van der Waals surface area contributed by atoms with Gasteiger partial charge in [0.15, 0.2) is 11.6 Å². The Labute approximate surface area is 174 Å². The zero-order valence-corrected chi connectivity index (χ0v) is 16.9. The van der Waals surface area contributed by atoms with Crippen molar-refractivity contribution < 1.29 is 0 Å². The standard InChI is InChI=1S/C21H25N9/c1-2-7-16(6-1)28-13-19(23-15-28)29-12-18(22-14-29)24-20-17-8-5-11-30(17)26-21(25-20)27-9-3-4-10-27/h5,8,11-16H,1-4,6-7,9-10H2,(H,24,25,26). The Kier molecular flexibility index (Phi) is 4.17. The van der Waals surface area contributed by atoms with Crippen LogP contribution < -0.4 is 10.2 Å². The summed E-state index contributed by atoms with van der Waals surface area (Å²) in [7, 11) is 0. The summed E-state index contributed by atoms with van der Waals surface area (Å²) in [4.78, 5) is 16.2. The largest absolute Gasteiger partial charge is 0.340 e. The molecule has 9 heteroatoms. The van der Waals surface area contributed by atoms with Crippen LogP contribution in [0.4, 0.5) is 17.6 Å². The van der Waals surface area contributed by atoms with Crippen molar-refractivity contribution in [2.24, 2.45) is 0 Å². The fraction of sp³-hybridized carbons (Fsp3) is 0.429. The van der Waals surface area contributed by atoms with Crippen LogP contribution in [0.3, 0.4) is 0 Å². The second kappa shape index (κ2) is 7.16. The third-order valence-corrected chi connectivity index (χ3v) is 6.20. The number of imidazole rings is 2. The number of anilines is 3. The summed E-state index contributed by atoms with van der Waals surface area (Å²) < 4.78 is 6.07. The lowest BCUT2D eigenvalue weighted by molar-refractivity contribution is 0.518. The second-order valence-electron chi connectivity index (χ2n) is 8.20. The minimum absolute atomic E-state index is 0.583. The Bertz CT molecular complexity index is 1160. The fourth-order valence-electron chi connectivity index (χ4n) is 4.56. The molecular weight excluding hydrogens is 378 g/mol. The van der Waals surface area contributed by atoms with Gasteiger partial charge in [-0.25, -0.2) is 14.5 Å². The summed E-state index contributed by atoms with van der Waals surface area (Å²) in [6.45, 7) is 2.01. The topological polar surface area (TPSA) is 81.1 Å². The average Bonchev–Trinajstić information content (AvgIpc) is 3.58. The van der Waals surface area contributed by atoms with Crippen LogP contribution in [0.1, 0.15) is 44.6 Å². The van der Waals surface area contributed by atoms with Crippen LogP contribution in [0.5, 0.6) is 0 Å². The van der Waals surface area contributed by atoms with Crippen molar-refractivity contribution in [2.45, 2.75) is 44.6 Å². The normalized spacial score (nSPS) is 17.4. The molecule has 154 valence electrons. The monoisotopic (exact) mass is 403 g/mol. The van der Waals surface area contributed by atoms with Crippen LogP contribution in [-0.2, 0) is 0 Å². The van der Waals surface area contributed by atoms with E-state index in [0.717, 1.165) is 42.0 Å². The molecule has 30 heavy (non-hydrogen) atoms. The van der Waals surface area contributed by atoms with Gasteiger partial charge in [0, 0.05) is 31.5 Å². The predicted molar refractivity (Wildman–Crippen MR) is 115 cm³/mol. The molecule has 0 spiro atoms. The molecule has 2 fully saturated rings. The first-order chi connectivity index (χ1) is 14.8. The van der Waals surface area contributed by atoms with Gasteiger partial charge in [0.1, 0.15) is 17.7 Å². The maximum absolute atomic E-state index is 4.80. The lowest BCUT2D eigenvalue weighted by Gasteiger charge is -2.16. The second-order valence-corrected chi connectivity index (χ2v) is 8.20. The van der Waals surface area contributed by atoms with Crippen molar-refractivity contribution in [1.29, 1.82) is 0 Å². The van der Waals surface area contributed by atoms with Gasteiger partial charge in [0.05, 0.1) is 12.5 Å². The molecule has 4 aromatic heterocycles. The van der Waals surface area contributed by atoms with E-state index in [1.165, 1.54) is 38.5 Å². The minimum Gasteiger partial charge on any atom is -0.340 e.